The van der Waals surface area contributed by atoms with Crippen molar-refractivity contribution in [2.75, 3.05) is 0 Å². The molecule has 1 heterocycles. The molecule has 0 aliphatic heterocycles. The van der Waals surface area contributed by atoms with E-state index in [2.05, 4.69) is 62.4 Å². The number of hydrogen-bond acceptors (Lipinski definition) is 0. The molecule has 0 saturated carbocycles. The second kappa shape index (κ2) is 3.64. The Kier molecular flexibility index (Phi) is 2.26. The third-order valence-corrected chi connectivity index (χ3v) is 5.98. The van der Waals surface area contributed by atoms with Crippen molar-refractivity contribution < 1.29 is 0 Å². The Bertz CT molecular complexity index is 593. The molecule has 1 heteroatoms. The van der Waals surface area contributed by atoms with Gasteiger partial charge in [-0.1, -0.05) is 62.4 Å². The smallest absolute Gasteiger partial charge is 0.00263 e. The first-order chi connectivity index (χ1) is 7.79. The maximum atomic E-state index is 2.34. The molecule has 0 saturated heterocycles. The molecule has 0 atom stereocenters. The molecule has 1 aromatic heterocycles. The average molecular weight is 226 g/mol. The topological polar surface area (TPSA) is 0 Å². The van der Waals surface area contributed by atoms with Crippen LogP contribution in [0.5, 0.6) is 0 Å². The first-order valence-corrected chi connectivity index (χ1v) is 7.18. The highest BCUT2D eigenvalue weighted by atomic mass is 31.1. The Balaban J connectivity index is 2.59. The maximum Gasteiger partial charge on any atom is 0.00263 e. The van der Waals surface area contributed by atoms with Crippen LogP contribution < -0.4 is 0 Å². The summed E-state index contributed by atoms with van der Waals surface area (Å²) in [5, 5.41) is 6.04. The van der Waals surface area contributed by atoms with Gasteiger partial charge in [-0.15, -0.1) is 7.53 Å². The van der Waals surface area contributed by atoms with Gasteiger partial charge in [0.1, 0.15) is 0 Å². The van der Waals surface area contributed by atoms with Crippen molar-refractivity contribution in [1.82, 2.24) is 0 Å². The zero-order valence-corrected chi connectivity index (χ0v) is 10.5. The normalized spacial score (nSPS) is 11.7. The molecule has 0 nitrogen and oxygen atoms in total. The summed E-state index contributed by atoms with van der Waals surface area (Å²) < 4.78 is 0. The minimum absolute atomic E-state index is 0.136. The second-order valence-electron chi connectivity index (χ2n) is 4.50. The van der Waals surface area contributed by atoms with Gasteiger partial charge < -0.3 is 0 Å². The summed E-state index contributed by atoms with van der Waals surface area (Å²) >= 11 is 0. The monoisotopic (exact) mass is 226 g/mol. The van der Waals surface area contributed by atoms with E-state index >= 15 is 0 Å². The van der Waals surface area contributed by atoms with E-state index in [-0.39, 0.29) is 7.53 Å². The van der Waals surface area contributed by atoms with Crippen LogP contribution in [0.3, 0.4) is 0 Å². The molecule has 0 bridgehead atoms. The molecule has 0 fully saturated rings. The van der Waals surface area contributed by atoms with Crippen LogP contribution >= 0.6 is 7.53 Å². The molecule has 0 aliphatic rings. The Hall–Kier alpha value is -1.26. The second-order valence-corrected chi connectivity index (χ2v) is 7.23. The highest BCUT2D eigenvalue weighted by Gasteiger charge is 2.12. The molecule has 3 rings (SSSR count). The van der Waals surface area contributed by atoms with Gasteiger partial charge in [-0.05, 0) is 16.4 Å². The largest absolute Gasteiger partial charge is 0.106 e. The molecule has 3 aromatic rings. The van der Waals surface area contributed by atoms with Gasteiger partial charge in [0.05, 0.1) is 0 Å². The fourth-order valence-electron chi connectivity index (χ4n) is 2.51. The summed E-state index contributed by atoms with van der Waals surface area (Å²) in [5.41, 5.74) is 0.722. The van der Waals surface area contributed by atoms with Gasteiger partial charge in [0.25, 0.3) is 0 Å². The van der Waals surface area contributed by atoms with E-state index in [4.69, 9.17) is 0 Å². The lowest BCUT2D eigenvalue weighted by molar-refractivity contribution is 1.04. The van der Waals surface area contributed by atoms with Gasteiger partial charge in [0.2, 0.25) is 0 Å². The molecule has 0 radical (unpaired) electrons. The molecule has 0 aliphatic carbocycles. The number of hydrogen-bond donors (Lipinski definition) is 0. The standard InChI is InChI=1S/C15H15P/c1-11(2)16-14-9-5-3-7-12(14)13-8-4-6-10-15(13)16/h3-11H,1-2H3. The zero-order valence-electron chi connectivity index (χ0n) is 9.64. The Morgan fingerprint density at radius 2 is 1.19 bits per heavy atom. The van der Waals surface area contributed by atoms with E-state index in [1.165, 1.54) is 10.8 Å². The van der Waals surface area contributed by atoms with E-state index in [1.54, 1.807) is 10.2 Å². The van der Waals surface area contributed by atoms with Gasteiger partial charge >= 0.3 is 0 Å². The first-order valence-electron chi connectivity index (χ1n) is 5.76. The van der Waals surface area contributed by atoms with Gasteiger partial charge in [0.15, 0.2) is 0 Å². The molecule has 0 unspecified atom stereocenters. The molecule has 0 spiro atoms. The fourth-order valence-corrected chi connectivity index (χ4v) is 5.28. The molecule has 0 amide bonds. The van der Waals surface area contributed by atoms with Crippen molar-refractivity contribution in [2.45, 2.75) is 19.5 Å². The van der Waals surface area contributed by atoms with E-state index in [0.29, 0.717) is 0 Å². The number of rotatable bonds is 1. The van der Waals surface area contributed by atoms with Crippen molar-refractivity contribution in [2.24, 2.45) is 0 Å². The Morgan fingerprint density at radius 3 is 1.62 bits per heavy atom. The summed E-state index contributed by atoms with van der Waals surface area (Å²) in [6.45, 7) is 4.68. The average Bonchev–Trinajstić information content (AvgIpc) is 2.63. The summed E-state index contributed by atoms with van der Waals surface area (Å²) in [6, 6.07) is 17.8. The molecule has 16 heavy (non-hydrogen) atoms. The maximum absolute atomic E-state index is 2.34. The third-order valence-electron chi connectivity index (χ3n) is 3.13. The SMILES string of the molecule is CC(C)p1c2ccccc2c2ccccc21. The van der Waals surface area contributed by atoms with Crippen molar-refractivity contribution in [1.29, 1.82) is 0 Å². The fraction of sp³-hybridized carbons (Fsp3) is 0.200. The van der Waals surface area contributed by atoms with Crippen LogP contribution in [0.25, 0.3) is 21.0 Å². The van der Waals surface area contributed by atoms with Crippen molar-refractivity contribution in [3.05, 3.63) is 48.5 Å². The van der Waals surface area contributed by atoms with Crippen LogP contribution in [0.1, 0.15) is 19.5 Å². The quantitative estimate of drug-likeness (QED) is 0.509. The van der Waals surface area contributed by atoms with Crippen LogP contribution in [0.2, 0.25) is 0 Å². The Labute approximate surface area is 97.0 Å². The number of fused-ring (bicyclic) bond motifs is 3. The van der Waals surface area contributed by atoms with Gasteiger partial charge in [-0.2, -0.15) is 0 Å². The predicted molar refractivity (Wildman–Crippen MR) is 74.5 cm³/mol. The molecular formula is C15H15P. The minimum Gasteiger partial charge on any atom is -0.106 e. The van der Waals surface area contributed by atoms with E-state index in [0.717, 1.165) is 5.66 Å². The van der Waals surface area contributed by atoms with Crippen molar-refractivity contribution in [3.63, 3.8) is 0 Å². The number of benzene rings is 2. The minimum atomic E-state index is -0.136. The molecule has 80 valence electrons. The molecule has 2 aromatic carbocycles. The van der Waals surface area contributed by atoms with Gasteiger partial charge in [0, 0.05) is 10.2 Å². The lowest BCUT2D eigenvalue weighted by atomic mass is 10.2. The lowest BCUT2D eigenvalue weighted by Gasteiger charge is -2.05. The van der Waals surface area contributed by atoms with E-state index in [1.807, 2.05) is 0 Å². The molecular weight excluding hydrogens is 211 g/mol. The van der Waals surface area contributed by atoms with Crippen molar-refractivity contribution in [3.8, 4) is 0 Å². The summed E-state index contributed by atoms with van der Waals surface area (Å²) in [4.78, 5) is 0. The first kappa shape index (κ1) is 9.93. The van der Waals surface area contributed by atoms with Gasteiger partial charge in [-0.25, -0.2) is 0 Å². The van der Waals surface area contributed by atoms with E-state index < -0.39 is 0 Å². The van der Waals surface area contributed by atoms with Gasteiger partial charge in [-0.3, -0.25) is 0 Å². The highest BCUT2D eigenvalue weighted by Crippen LogP contribution is 2.54. The van der Waals surface area contributed by atoms with Crippen LogP contribution in [0.15, 0.2) is 48.5 Å². The lowest BCUT2D eigenvalue weighted by Crippen LogP contribution is -1.69. The summed E-state index contributed by atoms with van der Waals surface area (Å²) in [7, 11) is -0.136. The zero-order chi connectivity index (χ0) is 11.1. The summed E-state index contributed by atoms with van der Waals surface area (Å²) in [6.07, 6.45) is 0. The highest BCUT2D eigenvalue weighted by molar-refractivity contribution is 7.61. The third kappa shape index (κ3) is 1.30. The van der Waals surface area contributed by atoms with Crippen molar-refractivity contribution >= 4 is 28.5 Å². The predicted octanol–water partition coefficient (Wildman–Crippen LogP) is 5.56. The summed E-state index contributed by atoms with van der Waals surface area (Å²) in [5.74, 6) is 0. The van der Waals surface area contributed by atoms with Crippen LogP contribution in [0.4, 0.5) is 0 Å². The Morgan fingerprint density at radius 1 is 0.750 bits per heavy atom. The van der Waals surface area contributed by atoms with Crippen LogP contribution in [-0.4, -0.2) is 0 Å². The molecule has 0 N–H and O–H groups in total. The van der Waals surface area contributed by atoms with Crippen LogP contribution in [-0.2, 0) is 0 Å². The van der Waals surface area contributed by atoms with E-state index in [9.17, 15) is 0 Å². The van der Waals surface area contributed by atoms with Crippen LogP contribution in [0, 0.1) is 0 Å².